The van der Waals surface area contributed by atoms with Crippen LogP contribution in [-0.2, 0) is 11.2 Å². The number of amides is 1. The molecule has 0 bridgehead atoms. The van der Waals surface area contributed by atoms with Crippen LogP contribution in [0.1, 0.15) is 36.9 Å². The van der Waals surface area contributed by atoms with Gasteiger partial charge in [-0.1, -0.05) is 24.6 Å². The van der Waals surface area contributed by atoms with Gasteiger partial charge in [-0.15, -0.1) is 0 Å². The second-order valence-corrected chi connectivity index (χ2v) is 5.75. The Morgan fingerprint density at radius 3 is 2.83 bits per heavy atom. The number of hydrogen-bond donors (Lipinski definition) is 3. The number of aromatic amines is 1. The first-order valence-electron chi connectivity index (χ1n) is 8.29. The first kappa shape index (κ1) is 17.2. The number of rotatable bonds is 10. The highest BCUT2D eigenvalue weighted by molar-refractivity contribution is 5.91. The van der Waals surface area contributed by atoms with Crippen LogP contribution >= 0.6 is 0 Å². The summed E-state index contributed by atoms with van der Waals surface area (Å²) in [5.41, 5.74) is 3.17. The predicted molar refractivity (Wildman–Crippen MR) is 93.4 cm³/mol. The van der Waals surface area contributed by atoms with E-state index in [1.807, 2.05) is 37.4 Å². The highest BCUT2D eigenvalue weighted by Gasteiger charge is 2.03. The highest BCUT2D eigenvalue weighted by Crippen LogP contribution is 2.13. The molecule has 5 heteroatoms. The summed E-state index contributed by atoms with van der Waals surface area (Å²) in [6.07, 6.45) is 8.21. The van der Waals surface area contributed by atoms with Crippen molar-refractivity contribution in [2.45, 2.75) is 39.0 Å². The van der Waals surface area contributed by atoms with Crippen LogP contribution in [0.3, 0.4) is 0 Å². The van der Waals surface area contributed by atoms with E-state index >= 15 is 0 Å². The molecule has 0 spiro atoms. The van der Waals surface area contributed by atoms with E-state index in [1.54, 1.807) is 6.33 Å². The largest absolute Gasteiger partial charge is 0.348 e. The van der Waals surface area contributed by atoms with Gasteiger partial charge in [-0.2, -0.15) is 0 Å². The first-order chi connectivity index (χ1) is 11.3. The lowest BCUT2D eigenvalue weighted by Gasteiger charge is -2.08. The number of hydrogen-bond acceptors (Lipinski definition) is 3. The molecule has 1 amide bonds. The van der Waals surface area contributed by atoms with E-state index in [1.165, 1.54) is 0 Å². The molecule has 124 valence electrons. The van der Waals surface area contributed by atoms with E-state index in [4.69, 9.17) is 0 Å². The van der Waals surface area contributed by atoms with E-state index in [-0.39, 0.29) is 5.91 Å². The van der Waals surface area contributed by atoms with Crippen LogP contribution in [0.5, 0.6) is 0 Å². The molecule has 0 fully saturated rings. The van der Waals surface area contributed by atoms with Crippen molar-refractivity contribution in [1.82, 2.24) is 15.3 Å². The maximum atomic E-state index is 11.9. The fourth-order valence-corrected chi connectivity index (χ4v) is 2.41. The molecular formula is C18H26N4O. The number of aryl methyl sites for hydroxylation is 1. The van der Waals surface area contributed by atoms with Crippen LogP contribution in [-0.4, -0.2) is 29.0 Å². The molecule has 0 atom stereocenters. The molecule has 0 radical (unpaired) electrons. The second-order valence-electron chi connectivity index (χ2n) is 5.75. The average Bonchev–Trinajstić information content (AvgIpc) is 3.05. The minimum atomic E-state index is 0.103. The summed E-state index contributed by atoms with van der Waals surface area (Å²) in [4.78, 5) is 19.0. The molecule has 0 aliphatic rings. The number of imidazole rings is 1. The molecule has 5 nitrogen and oxygen atoms in total. The maximum absolute atomic E-state index is 11.9. The van der Waals surface area contributed by atoms with Gasteiger partial charge >= 0.3 is 0 Å². The summed E-state index contributed by atoms with van der Waals surface area (Å²) in [6.45, 7) is 3.95. The van der Waals surface area contributed by atoms with Crippen molar-refractivity contribution >= 4 is 11.6 Å². The number of nitrogens with one attached hydrogen (secondary N) is 3. The van der Waals surface area contributed by atoms with Gasteiger partial charge in [-0.3, -0.25) is 4.79 Å². The number of aromatic nitrogens is 2. The number of anilines is 1. The fourth-order valence-electron chi connectivity index (χ4n) is 2.41. The summed E-state index contributed by atoms with van der Waals surface area (Å²) in [5, 5.41) is 6.38. The van der Waals surface area contributed by atoms with Gasteiger partial charge < -0.3 is 15.6 Å². The third-order valence-electron chi connectivity index (χ3n) is 3.80. The number of para-hydroxylation sites is 1. The minimum absolute atomic E-state index is 0.103. The Kier molecular flexibility index (Phi) is 7.33. The van der Waals surface area contributed by atoms with Gasteiger partial charge in [0, 0.05) is 37.0 Å². The van der Waals surface area contributed by atoms with E-state index in [0.29, 0.717) is 6.42 Å². The van der Waals surface area contributed by atoms with Crippen molar-refractivity contribution in [2.75, 3.05) is 18.4 Å². The number of H-pyrrole nitrogens is 1. The van der Waals surface area contributed by atoms with Crippen LogP contribution in [0.15, 0.2) is 36.8 Å². The summed E-state index contributed by atoms with van der Waals surface area (Å²) in [7, 11) is 0. The highest BCUT2D eigenvalue weighted by atomic mass is 16.1. The Morgan fingerprint density at radius 1 is 1.17 bits per heavy atom. The van der Waals surface area contributed by atoms with Crippen molar-refractivity contribution in [3.63, 3.8) is 0 Å². The number of benzene rings is 1. The molecule has 2 rings (SSSR count). The zero-order valence-electron chi connectivity index (χ0n) is 13.8. The Balaban J connectivity index is 1.47. The van der Waals surface area contributed by atoms with Crippen LogP contribution < -0.4 is 10.6 Å². The molecule has 3 N–H and O–H groups in total. The third kappa shape index (κ3) is 6.65. The average molecular weight is 314 g/mol. The molecule has 1 heterocycles. The Hall–Kier alpha value is -2.14. The first-order valence-corrected chi connectivity index (χ1v) is 8.29. The number of carbonyl (C=O) groups excluding carboxylic acids is 1. The van der Waals surface area contributed by atoms with Gasteiger partial charge in [-0.25, -0.2) is 4.98 Å². The lowest BCUT2D eigenvalue weighted by atomic mass is 10.1. The molecule has 1 aromatic carbocycles. The van der Waals surface area contributed by atoms with Crippen molar-refractivity contribution in [3.8, 4) is 0 Å². The van der Waals surface area contributed by atoms with E-state index in [0.717, 1.165) is 55.7 Å². The molecule has 0 unspecified atom stereocenters. The molecule has 0 saturated heterocycles. The monoisotopic (exact) mass is 314 g/mol. The van der Waals surface area contributed by atoms with Crippen LogP contribution in [0.4, 0.5) is 5.69 Å². The van der Waals surface area contributed by atoms with Gasteiger partial charge in [0.2, 0.25) is 5.91 Å². The van der Waals surface area contributed by atoms with E-state index < -0.39 is 0 Å². The quantitative estimate of drug-likeness (QED) is 0.590. The van der Waals surface area contributed by atoms with Gasteiger partial charge in [0.1, 0.15) is 0 Å². The molecule has 0 aliphatic carbocycles. The van der Waals surface area contributed by atoms with Gasteiger partial charge in [0.05, 0.1) is 6.33 Å². The topological polar surface area (TPSA) is 69.8 Å². The second kappa shape index (κ2) is 9.79. The van der Waals surface area contributed by atoms with Crippen LogP contribution in [0, 0.1) is 6.92 Å². The lowest BCUT2D eigenvalue weighted by molar-refractivity contribution is -0.116. The van der Waals surface area contributed by atoms with Crippen molar-refractivity contribution in [1.29, 1.82) is 0 Å². The van der Waals surface area contributed by atoms with Crippen molar-refractivity contribution in [2.24, 2.45) is 0 Å². The van der Waals surface area contributed by atoms with Gasteiger partial charge in [-0.05, 0) is 37.9 Å². The number of unbranched alkanes of at least 4 members (excludes halogenated alkanes) is 2. The SMILES string of the molecule is Cc1ccccc1NC(=O)CCCCCNCCc1cnc[nH]1. The van der Waals surface area contributed by atoms with Crippen LogP contribution in [0.25, 0.3) is 0 Å². The molecule has 23 heavy (non-hydrogen) atoms. The summed E-state index contributed by atoms with van der Waals surface area (Å²) >= 11 is 0. The molecule has 0 aliphatic heterocycles. The normalized spacial score (nSPS) is 10.7. The standard InChI is InChI=1S/C18H26N4O/c1-15-7-4-5-8-17(15)22-18(23)9-3-2-6-11-19-12-10-16-13-20-14-21-16/h4-5,7-8,13-14,19H,2-3,6,9-12H2,1H3,(H,20,21)(H,22,23). The van der Waals surface area contributed by atoms with E-state index in [9.17, 15) is 4.79 Å². The minimum Gasteiger partial charge on any atom is -0.348 e. The maximum Gasteiger partial charge on any atom is 0.224 e. The molecular weight excluding hydrogens is 288 g/mol. The zero-order chi connectivity index (χ0) is 16.3. The van der Waals surface area contributed by atoms with Crippen LogP contribution in [0.2, 0.25) is 0 Å². The van der Waals surface area contributed by atoms with Gasteiger partial charge in [0.25, 0.3) is 0 Å². The fraction of sp³-hybridized carbons (Fsp3) is 0.444. The van der Waals surface area contributed by atoms with E-state index in [2.05, 4.69) is 20.6 Å². The summed E-state index contributed by atoms with van der Waals surface area (Å²) in [6, 6.07) is 7.86. The molecule has 1 aromatic heterocycles. The van der Waals surface area contributed by atoms with Crippen molar-refractivity contribution in [3.05, 3.63) is 48.0 Å². The Bertz CT molecular complexity index is 580. The predicted octanol–water partition coefficient (Wildman–Crippen LogP) is 3.05. The molecule has 0 saturated carbocycles. The number of carbonyl (C=O) groups is 1. The zero-order valence-corrected chi connectivity index (χ0v) is 13.8. The van der Waals surface area contributed by atoms with Gasteiger partial charge in [0.15, 0.2) is 0 Å². The summed E-state index contributed by atoms with van der Waals surface area (Å²) < 4.78 is 0. The Labute approximate surface area is 137 Å². The molecule has 2 aromatic rings. The van der Waals surface area contributed by atoms with Crippen molar-refractivity contribution < 1.29 is 4.79 Å². The lowest BCUT2D eigenvalue weighted by Crippen LogP contribution is -2.18. The summed E-state index contributed by atoms with van der Waals surface area (Å²) in [5.74, 6) is 0.103. The smallest absolute Gasteiger partial charge is 0.224 e. The third-order valence-corrected chi connectivity index (χ3v) is 3.80. The number of nitrogens with zero attached hydrogens (tertiary/aromatic N) is 1. The Morgan fingerprint density at radius 2 is 2.04 bits per heavy atom.